The first kappa shape index (κ1) is 15.1. The number of benzene rings is 1. The molecule has 0 aliphatic carbocycles. The Labute approximate surface area is 135 Å². The summed E-state index contributed by atoms with van der Waals surface area (Å²) >= 11 is 0. The Morgan fingerprint density at radius 3 is 2.87 bits per heavy atom. The van der Waals surface area contributed by atoms with Crippen molar-refractivity contribution in [3.05, 3.63) is 66.0 Å². The van der Waals surface area contributed by atoms with Gasteiger partial charge in [-0.3, -0.25) is 4.90 Å². The maximum atomic E-state index is 12.1. The molecule has 0 bridgehead atoms. The van der Waals surface area contributed by atoms with Crippen LogP contribution >= 0.6 is 0 Å². The van der Waals surface area contributed by atoms with E-state index >= 15 is 0 Å². The lowest BCUT2D eigenvalue weighted by Gasteiger charge is -2.13. The number of pyridine rings is 1. The standard InChI is InChI=1S/C18H18N2O3/c1-22-17-11-15(7-9-19-17)16-8-10-20(12-16)18(21)23-13-14-5-3-2-4-6-14/h2-7,9,11-12H,8,10,13H2,1H3. The van der Waals surface area contributed by atoms with Crippen molar-refractivity contribution in [2.24, 2.45) is 0 Å². The lowest BCUT2D eigenvalue weighted by molar-refractivity contribution is 0.113. The molecule has 5 nitrogen and oxygen atoms in total. The minimum absolute atomic E-state index is 0.280. The topological polar surface area (TPSA) is 51.7 Å². The molecule has 2 heterocycles. The second kappa shape index (κ2) is 6.96. The van der Waals surface area contributed by atoms with Crippen LogP contribution in [0.15, 0.2) is 54.9 Å². The fraction of sp³-hybridized carbons (Fsp3) is 0.222. The number of ether oxygens (including phenoxy) is 2. The zero-order valence-electron chi connectivity index (χ0n) is 12.9. The van der Waals surface area contributed by atoms with Gasteiger partial charge in [-0.2, -0.15) is 0 Å². The quantitative estimate of drug-likeness (QED) is 0.867. The highest BCUT2D eigenvalue weighted by Gasteiger charge is 2.21. The fourth-order valence-corrected chi connectivity index (χ4v) is 2.44. The highest BCUT2D eigenvalue weighted by Crippen LogP contribution is 2.27. The van der Waals surface area contributed by atoms with Crippen molar-refractivity contribution in [2.75, 3.05) is 13.7 Å². The summed E-state index contributed by atoms with van der Waals surface area (Å²) < 4.78 is 10.5. The molecule has 0 unspecified atom stereocenters. The third-order valence-corrected chi connectivity index (χ3v) is 3.69. The summed E-state index contributed by atoms with van der Waals surface area (Å²) in [4.78, 5) is 17.8. The highest BCUT2D eigenvalue weighted by atomic mass is 16.6. The van der Waals surface area contributed by atoms with Gasteiger partial charge in [0.15, 0.2) is 0 Å². The molecule has 1 aromatic heterocycles. The smallest absolute Gasteiger partial charge is 0.414 e. The van der Waals surface area contributed by atoms with Crippen LogP contribution in [0, 0.1) is 0 Å². The maximum absolute atomic E-state index is 12.1. The largest absolute Gasteiger partial charge is 0.481 e. The van der Waals surface area contributed by atoms with Gasteiger partial charge in [0.2, 0.25) is 5.88 Å². The number of carbonyl (C=O) groups is 1. The Morgan fingerprint density at radius 1 is 1.26 bits per heavy atom. The van der Waals surface area contributed by atoms with Gasteiger partial charge >= 0.3 is 6.09 Å². The molecule has 3 rings (SSSR count). The van der Waals surface area contributed by atoms with Crippen molar-refractivity contribution < 1.29 is 14.3 Å². The Kier molecular flexibility index (Phi) is 4.57. The van der Waals surface area contributed by atoms with E-state index in [9.17, 15) is 4.79 Å². The van der Waals surface area contributed by atoms with Crippen molar-refractivity contribution in [3.63, 3.8) is 0 Å². The summed E-state index contributed by atoms with van der Waals surface area (Å²) in [7, 11) is 1.59. The van der Waals surface area contributed by atoms with Crippen LogP contribution in [0.1, 0.15) is 17.5 Å². The lowest BCUT2D eigenvalue weighted by atomic mass is 10.1. The summed E-state index contributed by atoms with van der Waals surface area (Å²) in [5.41, 5.74) is 3.06. The summed E-state index contributed by atoms with van der Waals surface area (Å²) in [6, 6.07) is 13.4. The van der Waals surface area contributed by atoms with E-state index in [1.807, 2.05) is 48.7 Å². The first-order valence-corrected chi connectivity index (χ1v) is 7.44. The van der Waals surface area contributed by atoms with E-state index in [1.54, 1.807) is 18.2 Å². The van der Waals surface area contributed by atoms with E-state index in [2.05, 4.69) is 4.98 Å². The van der Waals surface area contributed by atoms with Crippen molar-refractivity contribution in [1.82, 2.24) is 9.88 Å². The molecule has 118 valence electrons. The minimum Gasteiger partial charge on any atom is -0.481 e. The fourth-order valence-electron chi connectivity index (χ4n) is 2.44. The average Bonchev–Trinajstić information content (AvgIpc) is 3.11. The zero-order chi connectivity index (χ0) is 16.1. The molecule has 23 heavy (non-hydrogen) atoms. The Bertz CT molecular complexity index is 713. The van der Waals surface area contributed by atoms with Gasteiger partial charge < -0.3 is 9.47 Å². The van der Waals surface area contributed by atoms with E-state index in [0.717, 1.165) is 23.1 Å². The van der Waals surface area contributed by atoms with Crippen LogP contribution in [0.4, 0.5) is 4.79 Å². The van der Waals surface area contributed by atoms with Gasteiger partial charge in [-0.1, -0.05) is 30.3 Å². The number of hydrogen-bond acceptors (Lipinski definition) is 4. The van der Waals surface area contributed by atoms with Crippen molar-refractivity contribution >= 4 is 11.7 Å². The van der Waals surface area contributed by atoms with Gasteiger partial charge in [-0.15, -0.1) is 0 Å². The predicted octanol–water partition coefficient (Wildman–Crippen LogP) is 3.47. The molecule has 0 saturated heterocycles. The van der Waals surface area contributed by atoms with Crippen LogP contribution in [0.2, 0.25) is 0 Å². The van der Waals surface area contributed by atoms with Crippen LogP contribution < -0.4 is 4.74 Å². The molecular weight excluding hydrogens is 292 g/mol. The Morgan fingerprint density at radius 2 is 2.09 bits per heavy atom. The average molecular weight is 310 g/mol. The van der Waals surface area contributed by atoms with Crippen molar-refractivity contribution in [2.45, 2.75) is 13.0 Å². The van der Waals surface area contributed by atoms with Crippen LogP contribution in [0.5, 0.6) is 5.88 Å². The molecule has 2 aromatic rings. The molecule has 1 aromatic carbocycles. The van der Waals surface area contributed by atoms with Crippen LogP contribution in [0.3, 0.4) is 0 Å². The monoisotopic (exact) mass is 310 g/mol. The molecule has 1 aliphatic heterocycles. The van der Waals surface area contributed by atoms with Crippen LogP contribution in [-0.4, -0.2) is 29.6 Å². The number of amides is 1. The van der Waals surface area contributed by atoms with E-state index in [-0.39, 0.29) is 12.7 Å². The number of nitrogens with zero attached hydrogens (tertiary/aromatic N) is 2. The molecule has 1 aliphatic rings. The molecule has 0 radical (unpaired) electrons. The van der Waals surface area contributed by atoms with E-state index in [4.69, 9.17) is 9.47 Å². The summed E-state index contributed by atoms with van der Waals surface area (Å²) in [5, 5.41) is 0. The lowest BCUT2D eigenvalue weighted by Crippen LogP contribution is -2.24. The summed E-state index contributed by atoms with van der Waals surface area (Å²) in [5.74, 6) is 0.563. The molecule has 0 fully saturated rings. The number of hydrogen-bond donors (Lipinski definition) is 0. The van der Waals surface area contributed by atoms with Crippen LogP contribution in [-0.2, 0) is 11.3 Å². The Hall–Kier alpha value is -2.82. The van der Waals surface area contributed by atoms with Gasteiger partial charge in [0.25, 0.3) is 0 Å². The first-order valence-electron chi connectivity index (χ1n) is 7.44. The van der Waals surface area contributed by atoms with Crippen LogP contribution in [0.25, 0.3) is 5.57 Å². The predicted molar refractivity (Wildman–Crippen MR) is 86.7 cm³/mol. The number of carbonyl (C=O) groups excluding carboxylic acids is 1. The van der Waals surface area contributed by atoms with Gasteiger partial charge in [-0.25, -0.2) is 9.78 Å². The molecule has 0 atom stereocenters. The SMILES string of the molecule is COc1cc(C2=CN(C(=O)OCc3ccccc3)CC2)ccn1. The highest BCUT2D eigenvalue weighted by molar-refractivity contribution is 5.76. The summed E-state index contributed by atoms with van der Waals surface area (Å²) in [6.45, 7) is 0.899. The van der Waals surface area contributed by atoms with Gasteiger partial charge in [0, 0.05) is 25.0 Å². The van der Waals surface area contributed by atoms with Crippen molar-refractivity contribution in [3.8, 4) is 5.88 Å². The summed E-state index contributed by atoms with van der Waals surface area (Å²) in [6.07, 6.45) is 3.99. The minimum atomic E-state index is -0.329. The molecule has 0 spiro atoms. The molecular formula is C18H18N2O3. The number of methoxy groups -OCH3 is 1. The second-order valence-electron chi connectivity index (χ2n) is 5.22. The number of rotatable bonds is 4. The molecule has 1 amide bonds. The number of aromatic nitrogens is 1. The van der Waals surface area contributed by atoms with E-state index < -0.39 is 0 Å². The molecule has 0 saturated carbocycles. The second-order valence-corrected chi connectivity index (χ2v) is 5.22. The van der Waals surface area contributed by atoms with Crippen molar-refractivity contribution in [1.29, 1.82) is 0 Å². The zero-order valence-corrected chi connectivity index (χ0v) is 12.9. The molecule has 0 N–H and O–H groups in total. The normalized spacial score (nSPS) is 13.6. The third-order valence-electron chi connectivity index (χ3n) is 3.69. The Balaban J connectivity index is 1.63. The van der Waals surface area contributed by atoms with Gasteiger partial charge in [0.1, 0.15) is 6.61 Å². The van der Waals surface area contributed by atoms with E-state index in [0.29, 0.717) is 12.4 Å². The molecule has 5 heteroatoms. The van der Waals surface area contributed by atoms with E-state index in [1.165, 1.54) is 0 Å². The third kappa shape index (κ3) is 3.69. The maximum Gasteiger partial charge on any atom is 0.414 e. The van der Waals surface area contributed by atoms with Gasteiger partial charge in [-0.05, 0) is 29.2 Å². The first-order chi connectivity index (χ1) is 11.3. The van der Waals surface area contributed by atoms with Gasteiger partial charge in [0.05, 0.1) is 7.11 Å².